The van der Waals surface area contributed by atoms with E-state index in [1.54, 1.807) is 34.9 Å². The van der Waals surface area contributed by atoms with Crippen LogP contribution in [0.4, 0.5) is 0 Å². The highest BCUT2D eigenvalue weighted by Gasteiger charge is 2.38. The van der Waals surface area contributed by atoms with Gasteiger partial charge in [-0.1, -0.05) is 6.07 Å². The van der Waals surface area contributed by atoms with Gasteiger partial charge in [0.25, 0.3) is 5.56 Å². The van der Waals surface area contributed by atoms with Crippen LogP contribution < -0.4 is 20.3 Å². The maximum atomic E-state index is 12.9. The predicted molar refractivity (Wildman–Crippen MR) is 104 cm³/mol. The van der Waals surface area contributed by atoms with Crippen LogP contribution in [-0.2, 0) is 16.4 Å². The maximum Gasteiger partial charge on any atom is 0.251 e. The number of nitrogens with zero attached hydrogens (tertiary/aromatic N) is 1. The average Bonchev–Trinajstić information content (AvgIpc) is 3.16. The predicted octanol–water partition coefficient (Wildman–Crippen LogP) is 1.01. The van der Waals surface area contributed by atoms with Crippen LogP contribution in [0.5, 0.6) is 5.75 Å². The number of ether oxygens (including phenoxy) is 1. The highest BCUT2D eigenvalue weighted by Crippen LogP contribution is 2.38. The molecule has 148 valence electrons. The van der Waals surface area contributed by atoms with Crippen LogP contribution in [-0.4, -0.2) is 39.2 Å². The molecule has 1 aromatic carbocycles. The molecule has 28 heavy (non-hydrogen) atoms. The van der Waals surface area contributed by atoms with Crippen LogP contribution in [0.15, 0.2) is 46.1 Å². The minimum Gasteiger partial charge on any atom is -0.493 e. The molecular weight excluding hydrogens is 378 g/mol. The molecular formula is C20H23N3O4S. The second-order valence-corrected chi connectivity index (χ2v) is 9.56. The monoisotopic (exact) mass is 401 g/mol. The number of nitrogens with one attached hydrogen (secondary N) is 2. The van der Waals surface area contributed by atoms with Crippen molar-refractivity contribution in [3.63, 3.8) is 0 Å². The van der Waals surface area contributed by atoms with E-state index in [0.29, 0.717) is 12.5 Å². The lowest BCUT2D eigenvalue weighted by atomic mass is 9.79. The Morgan fingerprint density at radius 2 is 2.11 bits per heavy atom. The minimum atomic E-state index is -3.67. The fraction of sp³-hybridized carbons (Fsp3) is 0.450. The van der Waals surface area contributed by atoms with Gasteiger partial charge in [-0.25, -0.2) is 13.1 Å². The Balaban J connectivity index is 1.43. The second kappa shape index (κ2) is 6.72. The summed E-state index contributed by atoms with van der Waals surface area (Å²) in [6.07, 6.45) is 1.69. The van der Waals surface area contributed by atoms with Crippen molar-refractivity contribution in [2.75, 3.05) is 26.2 Å². The van der Waals surface area contributed by atoms with Crippen molar-refractivity contribution in [1.29, 1.82) is 0 Å². The van der Waals surface area contributed by atoms with E-state index in [0.717, 1.165) is 42.9 Å². The second-order valence-electron chi connectivity index (χ2n) is 7.80. The lowest BCUT2D eigenvalue weighted by Crippen LogP contribution is -2.50. The Hall–Kier alpha value is -2.16. The number of hydrogen-bond donors (Lipinski definition) is 2. The number of benzene rings is 1. The van der Waals surface area contributed by atoms with Crippen molar-refractivity contribution >= 4 is 10.0 Å². The van der Waals surface area contributed by atoms with Crippen LogP contribution in [0.3, 0.4) is 0 Å². The molecule has 2 N–H and O–H groups in total. The zero-order valence-electron chi connectivity index (χ0n) is 15.4. The molecule has 8 heteroatoms. The largest absolute Gasteiger partial charge is 0.493 e. The summed E-state index contributed by atoms with van der Waals surface area (Å²) in [6.45, 7) is 2.44. The summed E-state index contributed by atoms with van der Waals surface area (Å²) in [4.78, 5) is 12.8. The molecule has 0 aliphatic carbocycles. The van der Waals surface area contributed by atoms with Gasteiger partial charge in [-0.05, 0) is 42.2 Å². The fourth-order valence-electron chi connectivity index (χ4n) is 4.78. The van der Waals surface area contributed by atoms with E-state index in [9.17, 15) is 13.2 Å². The molecule has 5 rings (SSSR count). The molecule has 0 amide bonds. The van der Waals surface area contributed by atoms with E-state index < -0.39 is 10.0 Å². The number of fused-ring (bicyclic) bond motifs is 5. The highest BCUT2D eigenvalue weighted by atomic mass is 32.2. The molecule has 4 heterocycles. The van der Waals surface area contributed by atoms with Gasteiger partial charge in [0.1, 0.15) is 5.75 Å². The van der Waals surface area contributed by atoms with E-state index in [4.69, 9.17) is 4.74 Å². The van der Waals surface area contributed by atoms with E-state index in [2.05, 4.69) is 10.0 Å². The smallest absolute Gasteiger partial charge is 0.251 e. The standard InChI is InChI=1S/C20H23N3O4S/c24-20-3-1-2-17-14-8-15(11-21-10-14)18(23(17)20)12-22-28(25,26)16-4-5-19-13(9-16)6-7-27-19/h1-5,9,14-15,18,21-22H,6-8,10-12H2/t14-,15+,18+/m1/s1. The molecule has 7 nitrogen and oxygen atoms in total. The molecule has 1 saturated heterocycles. The minimum absolute atomic E-state index is 0.0621. The van der Waals surface area contributed by atoms with E-state index >= 15 is 0 Å². The van der Waals surface area contributed by atoms with E-state index in [1.165, 1.54) is 0 Å². The molecule has 0 radical (unpaired) electrons. The summed E-state index contributed by atoms with van der Waals surface area (Å²) < 4.78 is 35.8. The van der Waals surface area contributed by atoms with Crippen LogP contribution in [0.25, 0.3) is 0 Å². The molecule has 3 aliphatic rings. The Morgan fingerprint density at radius 1 is 1.21 bits per heavy atom. The normalized spacial score (nSPS) is 25.6. The Morgan fingerprint density at radius 3 is 3.00 bits per heavy atom. The molecule has 1 aromatic heterocycles. The topological polar surface area (TPSA) is 89.4 Å². The summed E-state index contributed by atoms with van der Waals surface area (Å²) >= 11 is 0. The first kappa shape index (κ1) is 17.9. The fourth-order valence-corrected chi connectivity index (χ4v) is 5.88. The van der Waals surface area contributed by atoms with Crippen molar-refractivity contribution in [1.82, 2.24) is 14.6 Å². The Kier molecular flexibility index (Phi) is 4.30. The third-order valence-electron chi connectivity index (χ3n) is 6.15. The first-order chi connectivity index (χ1) is 13.5. The third kappa shape index (κ3) is 2.96. The van der Waals surface area contributed by atoms with Crippen molar-refractivity contribution in [3.8, 4) is 5.75 Å². The summed E-state index contributed by atoms with van der Waals surface area (Å²) in [5.41, 5.74) is 1.85. The molecule has 0 unspecified atom stereocenters. The summed E-state index contributed by atoms with van der Waals surface area (Å²) in [6, 6.07) is 10.1. The van der Waals surface area contributed by atoms with Crippen molar-refractivity contribution in [2.45, 2.75) is 29.7 Å². The molecule has 2 aromatic rings. The molecule has 1 fully saturated rings. The van der Waals surface area contributed by atoms with Gasteiger partial charge >= 0.3 is 0 Å². The SMILES string of the molecule is O=c1cccc2n1[C@@H](CNS(=O)(=O)c1ccc3c(c1)CCO3)[C@@H]1CNC[C@H]2C1. The van der Waals surface area contributed by atoms with Gasteiger partial charge in [0, 0.05) is 43.7 Å². The maximum absolute atomic E-state index is 12.9. The summed E-state index contributed by atoms with van der Waals surface area (Å²) in [5, 5.41) is 3.43. The number of rotatable bonds is 4. The van der Waals surface area contributed by atoms with Crippen LogP contribution in [0.2, 0.25) is 0 Å². The average molecular weight is 401 g/mol. The van der Waals surface area contributed by atoms with E-state index in [-0.39, 0.29) is 29.0 Å². The Bertz CT molecular complexity index is 1080. The third-order valence-corrected chi connectivity index (χ3v) is 7.57. The summed E-state index contributed by atoms with van der Waals surface area (Å²) in [7, 11) is -3.67. The summed E-state index contributed by atoms with van der Waals surface area (Å²) in [5.74, 6) is 1.28. The number of hydrogen-bond acceptors (Lipinski definition) is 5. The van der Waals surface area contributed by atoms with Crippen molar-refractivity contribution in [2.24, 2.45) is 5.92 Å². The van der Waals surface area contributed by atoms with Gasteiger partial charge in [-0.15, -0.1) is 0 Å². The van der Waals surface area contributed by atoms with Crippen molar-refractivity contribution < 1.29 is 13.2 Å². The molecule has 0 spiro atoms. The van der Waals surface area contributed by atoms with E-state index in [1.807, 2.05) is 6.07 Å². The number of pyridine rings is 1. The van der Waals surface area contributed by atoms with Crippen LogP contribution in [0.1, 0.15) is 29.6 Å². The lowest BCUT2D eigenvalue weighted by molar-refractivity contribution is 0.196. The van der Waals surface area contributed by atoms with Gasteiger partial charge in [0.2, 0.25) is 10.0 Å². The zero-order valence-corrected chi connectivity index (χ0v) is 16.2. The van der Waals surface area contributed by atoms with Crippen molar-refractivity contribution in [3.05, 3.63) is 58.0 Å². The quantitative estimate of drug-likeness (QED) is 0.798. The van der Waals surface area contributed by atoms with Gasteiger partial charge in [-0.3, -0.25) is 4.79 Å². The van der Waals surface area contributed by atoms with Gasteiger partial charge in [0.05, 0.1) is 17.5 Å². The number of piperidine rings is 1. The zero-order chi connectivity index (χ0) is 19.3. The number of aromatic nitrogens is 1. The Labute approximate surface area is 163 Å². The van der Waals surface area contributed by atoms with Crippen LogP contribution >= 0.6 is 0 Å². The first-order valence-corrected chi connectivity index (χ1v) is 11.2. The molecule has 0 saturated carbocycles. The lowest BCUT2D eigenvalue weighted by Gasteiger charge is -2.43. The van der Waals surface area contributed by atoms with Gasteiger partial charge in [-0.2, -0.15) is 0 Å². The number of sulfonamides is 1. The van der Waals surface area contributed by atoms with Gasteiger partial charge in [0.15, 0.2) is 0 Å². The first-order valence-electron chi connectivity index (χ1n) is 9.70. The molecule has 2 bridgehead atoms. The highest BCUT2D eigenvalue weighted by molar-refractivity contribution is 7.89. The molecule has 3 atom stereocenters. The van der Waals surface area contributed by atoms with Crippen LogP contribution in [0, 0.1) is 5.92 Å². The van der Waals surface area contributed by atoms with Gasteiger partial charge < -0.3 is 14.6 Å². The molecule has 3 aliphatic heterocycles.